The van der Waals surface area contributed by atoms with Crippen LogP contribution in [0.3, 0.4) is 0 Å². The molecule has 0 radical (unpaired) electrons. The van der Waals surface area contributed by atoms with E-state index in [0.29, 0.717) is 11.3 Å². The van der Waals surface area contributed by atoms with E-state index >= 15 is 0 Å². The van der Waals surface area contributed by atoms with Gasteiger partial charge in [-0.25, -0.2) is 0 Å². The Morgan fingerprint density at radius 3 is 2.71 bits per heavy atom. The zero-order chi connectivity index (χ0) is 13.0. The van der Waals surface area contributed by atoms with Crippen molar-refractivity contribution in [3.63, 3.8) is 0 Å². The van der Waals surface area contributed by atoms with Crippen molar-refractivity contribution in [2.75, 3.05) is 12.8 Å². The summed E-state index contributed by atoms with van der Waals surface area (Å²) in [7, 11) is 1.85. The highest BCUT2D eigenvalue weighted by atomic mass is 16.2. The van der Waals surface area contributed by atoms with Gasteiger partial charge >= 0.3 is 0 Å². The summed E-state index contributed by atoms with van der Waals surface area (Å²) in [6.45, 7) is 6.09. The van der Waals surface area contributed by atoms with Gasteiger partial charge in [-0.15, -0.1) is 0 Å². The molecule has 1 unspecified atom stereocenters. The summed E-state index contributed by atoms with van der Waals surface area (Å²) in [5, 5.41) is 0. The monoisotopic (exact) mass is 234 g/mol. The molecule has 1 aromatic carbocycles. The maximum Gasteiger partial charge on any atom is 0.254 e. The zero-order valence-electron chi connectivity index (χ0n) is 11.2. The van der Waals surface area contributed by atoms with E-state index in [1.54, 1.807) is 4.90 Å². The maximum atomic E-state index is 12.3. The fraction of sp³-hybridized carbons (Fsp3) is 0.500. The first-order chi connectivity index (χ1) is 7.99. The summed E-state index contributed by atoms with van der Waals surface area (Å²) >= 11 is 0. The summed E-state index contributed by atoms with van der Waals surface area (Å²) in [5.41, 5.74) is 8.07. The lowest BCUT2D eigenvalue weighted by Crippen LogP contribution is -2.35. The Hall–Kier alpha value is -1.51. The van der Waals surface area contributed by atoms with Crippen LogP contribution in [0.1, 0.15) is 42.6 Å². The molecule has 0 saturated carbocycles. The van der Waals surface area contributed by atoms with E-state index in [-0.39, 0.29) is 11.9 Å². The Bertz CT molecular complexity index is 401. The number of rotatable bonds is 4. The third-order valence-corrected chi connectivity index (χ3v) is 3.29. The van der Waals surface area contributed by atoms with Gasteiger partial charge in [0.25, 0.3) is 5.91 Å². The molecular formula is C14H22N2O. The summed E-state index contributed by atoms with van der Waals surface area (Å²) in [5.74, 6) is 0.0516. The number of nitrogen functional groups attached to an aromatic ring is 1. The van der Waals surface area contributed by atoms with Crippen molar-refractivity contribution >= 4 is 11.6 Å². The van der Waals surface area contributed by atoms with Crippen LogP contribution in [0, 0.1) is 6.92 Å². The quantitative estimate of drug-likeness (QED) is 0.814. The lowest BCUT2D eigenvalue weighted by molar-refractivity contribution is 0.0736. The van der Waals surface area contributed by atoms with Crippen molar-refractivity contribution in [1.82, 2.24) is 4.90 Å². The second kappa shape index (κ2) is 5.71. The molecule has 0 heterocycles. The number of hydrogen-bond donors (Lipinski definition) is 1. The van der Waals surface area contributed by atoms with Gasteiger partial charge in [0, 0.05) is 24.3 Å². The van der Waals surface area contributed by atoms with E-state index in [4.69, 9.17) is 5.73 Å². The molecule has 1 rings (SSSR count). The van der Waals surface area contributed by atoms with Gasteiger partial charge in [0.2, 0.25) is 0 Å². The van der Waals surface area contributed by atoms with Crippen molar-refractivity contribution in [3.05, 3.63) is 29.3 Å². The summed E-state index contributed by atoms with van der Waals surface area (Å²) < 4.78 is 0. The van der Waals surface area contributed by atoms with Gasteiger partial charge in [-0.2, -0.15) is 0 Å². The van der Waals surface area contributed by atoms with Crippen molar-refractivity contribution in [2.24, 2.45) is 0 Å². The second-order valence-electron chi connectivity index (χ2n) is 4.57. The molecular weight excluding hydrogens is 212 g/mol. The number of carbonyl (C=O) groups excluding carboxylic acids is 1. The molecule has 0 fully saturated rings. The normalized spacial score (nSPS) is 12.2. The molecule has 1 atom stereocenters. The molecule has 94 valence electrons. The van der Waals surface area contributed by atoms with Crippen LogP contribution in [-0.4, -0.2) is 23.9 Å². The van der Waals surface area contributed by atoms with Crippen LogP contribution in [0.4, 0.5) is 5.69 Å². The third-order valence-electron chi connectivity index (χ3n) is 3.29. The zero-order valence-corrected chi connectivity index (χ0v) is 11.2. The average Bonchev–Trinajstić information content (AvgIpc) is 2.31. The van der Waals surface area contributed by atoms with Gasteiger partial charge in [0.15, 0.2) is 0 Å². The summed E-state index contributed by atoms with van der Waals surface area (Å²) in [6, 6.07) is 5.74. The van der Waals surface area contributed by atoms with Gasteiger partial charge in [-0.1, -0.05) is 19.4 Å². The Balaban J connectivity index is 2.93. The lowest BCUT2D eigenvalue weighted by atomic mass is 10.0. The van der Waals surface area contributed by atoms with Gasteiger partial charge in [0.05, 0.1) is 0 Å². The molecule has 2 N–H and O–H groups in total. The van der Waals surface area contributed by atoms with E-state index in [0.717, 1.165) is 18.4 Å². The Morgan fingerprint density at radius 2 is 2.12 bits per heavy atom. The minimum atomic E-state index is 0.0516. The molecule has 17 heavy (non-hydrogen) atoms. The van der Waals surface area contributed by atoms with E-state index in [1.165, 1.54) is 0 Å². The van der Waals surface area contributed by atoms with Gasteiger partial charge in [0.1, 0.15) is 0 Å². The van der Waals surface area contributed by atoms with Crippen LogP contribution in [0.5, 0.6) is 0 Å². The minimum absolute atomic E-state index is 0.0516. The molecule has 0 saturated heterocycles. The van der Waals surface area contributed by atoms with Crippen LogP contribution in [0.2, 0.25) is 0 Å². The predicted molar refractivity (Wildman–Crippen MR) is 72.1 cm³/mol. The van der Waals surface area contributed by atoms with E-state index in [9.17, 15) is 4.79 Å². The van der Waals surface area contributed by atoms with Crippen molar-refractivity contribution in [2.45, 2.75) is 39.7 Å². The topological polar surface area (TPSA) is 46.3 Å². The van der Waals surface area contributed by atoms with Crippen LogP contribution < -0.4 is 5.73 Å². The predicted octanol–water partition coefficient (Wildman–Crippen LogP) is 2.84. The third kappa shape index (κ3) is 2.99. The first kappa shape index (κ1) is 13.6. The van der Waals surface area contributed by atoms with Crippen molar-refractivity contribution < 1.29 is 4.79 Å². The van der Waals surface area contributed by atoms with Crippen LogP contribution in [0.25, 0.3) is 0 Å². The molecule has 0 aliphatic heterocycles. The first-order valence-electron chi connectivity index (χ1n) is 6.11. The molecule has 0 aromatic heterocycles. The number of benzene rings is 1. The van der Waals surface area contributed by atoms with Gasteiger partial charge in [-0.05, 0) is 38.0 Å². The van der Waals surface area contributed by atoms with Crippen LogP contribution in [0.15, 0.2) is 18.2 Å². The highest BCUT2D eigenvalue weighted by Gasteiger charge is 2.18. The van der Waals surface area contributed by atoms with Crippen LogP contribution >= 0.6 is 0 Å². The highest BCUT2D eigenvalue weighted by molar-refractivity contribution is 5.96. The Morgan fingerprint density at radius 1 is 1.47 bits per heavy atom. The molecule has 0 bridgehead atoms. The largest absolute Gasteiger partial charge is 0.398 e. The fourth-order valence-corrected chi connectivity index (χ4v) is 1.89. The number of nitrogens with zero attached hydrogens (tertiary/aromatic N) is 1. The molecule has 3 nitrogen and oxygen atoms in total. The van der Waals surface area contributed by atoms with Crippen molar-refractivity contribution in [3.8, 4) is 0 Å². The lowest BCUT2D eigenvalue weighted by Gasteiger charge is -2.25. The van der Waals surface area contributed by atoms with E-state index in [1.807, 2.05) is 32.2 Å². The second-order valence-corrected chi connectivity index (χ2v) is 4.57. The van der Waals surface area contributed by atoms with E-state index < -0.39 is 0 Å². The standard InChI is InChI=1S/C14H22N2O/c1-5-7-10(2)16(4)14(17)12-8-6-9-13(15)11(12)3/h6,8-10H,5,7,15H2,1-4H3. The minimum Gasteiger partial charge on any atom is -0.398 e. The van der Waals surface area contributed by atoms with Crippen molar-refractivity contribution in [1.29, 1.82) is 0 Å². The highest BCUT2D eigenvalue weighted by Crippen LogP contribution is 2.18. The summed E-state index contributed by atoms with van der Waals surface area (Å²) in [6.07, 6.45) is 2.10. The van der Waals surface area contributed by atoms with Crippen LogP contribution in [-0.2, 0) is 0 Å². The number of carbonyl (C=O) groups is 1. The molecule has 0 spiro atoms. The first-order valence-corrected chi connectivity index (χ1v) is 6.11. The average molecular weight is 234 g/mol. The molecule has 1 aromatic rings. The molecule has 0 aliphatic carbocycles. The molecule has 1 amide bonds. The van der Waals surface area contributed by atoms with E-state index in [2.05, 4.69) is 13.8 Å². The summed E-state index contributed by atoms with van der Waals surface area (Å²) in [4.78, 5) is 14.1. The smallest absolute Gasteiger partial charge is 0.254 e. The SMILES string of the molecule is CCCC(C)N(C)C(=O)c1cccc(N)c1C. The number of anilines is 1. The Labute approximate surface area is 104 Å². The number of hydrogen-bond acceptors (Lipinski definition) is 2. The molecule has 0 aliphatic rings. The number of nitrogens with two attached hydrogens (primary N) is 1. The fourth-order valence-electron chi connectivity index (χ4n) is 1.89. The molecule has 3 heteroatoms. The number of amides is 1. The maximum absolute atomic E-state index is 12.3. The van der Waals surface area contributed by atoms with Gasteiger partial charge in [-0.3, -0.25) is 4.79 Å². The van der Waals surface area contributed by atoms with Gasteiger partial charge < -0.3 is 10.6 Å². The Kier molecular flexibility index (Phi) is 4.55.